The van der Waals surface area contributed by atoms with Crippen LogP contribution in [0.1, 0.15) is 63.9 Å². The zero-order valence-electron chi connectivity index (χ0n) is 16.5. The molecule has 3 fully saturated rings. The van der Waals surface area contributed by atoms with Gasteiger partial charge in [-0.15, -0.1) is 0 Å². The molecule has 0 aliphatic heterocycles. The molecule has 4 aliphatic rings. The monoisotopic (exact) mass is 364 g/mol. The summed E-state index contributed by atoms with van der Waals surface area (Å²) in [6.45, 7) is 3.01. The molecule has 0 radical (unpaired) electrons. The summed E-state index contributed by atoms with van der Waals surface area (Å²) in [6, 6.07) is 10.5. The van der Waals surface area contributed by atoms with Crippen molar-refractivity contribution in [3.05, 3.63) is 47.5 Å². The first kappa shape index (κ1) is 17.7. The summed E-state index contributed by atoms with van der Waals surface area (Å²) in [6.07, 6.45) is 12.1. The highest BCUT2D eigenvalue weighted by molar-refractivity contribution is 5.87. The third-order valence-electron chi connectivity index (χ3n) is 8.44. The maximum atomic E-state index is 12.5. The van der Waals surface area contributed by atoms with Crippen molar-refractivity contribution in [2.75, 3.05) is 0 Å². The molecule has 0 aromatic heterocycles. The number of rotatable bonds is 3. The molecule has 3 saturated carbocycles. The van der Waals surface area contributed by atoms with Crippen LogP contribution in [0.2, 0.25) is 0 Å². The number of hydrogen-bond acceptors (Lipinski definition) is 2. The van der Waals surface area contributed by atoms with Crippen molar-refractivity contribution in [2.24, 2.45) is 29.1 Å². The van der Waals surface area contributed by atoms with Crippen molar-refractivity contribution in [2.45, 2.75) is 71.0 Å². The van der Waals surface area contributed by atoms with Crippen molar-refractivity contribution in [1.82, 2.24) is 0 Å². The number of carbonyl (C=O) groups is 1. The van der Waals surface area contributed by atoms with E-state index in [-0.39, 0.29) is 5.41 Å². The van der Waals surface area contributed by atoms with Gasteiger partial charge in [0.05, 0.1) is 12.7 Å². The molecule has 0 N–H and O–H groups in total. The first-order valence-corrected chi connectivity index (χ1v) is 11.0. The first-order chi connectivity index (χ1) is 13.1. The fraction of sp³-hybridized carbons (Fsp3) is 0.640. The van der Waals surface area contributed by atoms with Crippen LogP contribution in [0.25, 0.3) is 0 Å². The SMILES string of the molecule is C[C@]12CC[C@H]3[C@@H](CC=C4C[C@@H](OCc5ccccc5)CC[C@@H]43)[C@@H]1CCC2=O. The van der Waals surface area contributed by atoms with E-state index >= 15 is 0 Å². The Morgan fingerprint density at radius 3 is 2.78 bits per heavy atom. The van der Waals surface area contributed by atoms with Crippen LogP contribution in [-0.4, -0.2) is 11.9 Å². The van der Waals surface area contributed by atoms with Crippen molar-refractivity contribution in [3.8, 4) is 0 Å². The number of hydrogen-bond donors (Lipinski definition) is 0. The van der Waals surface area contributed by atoms with Crippen LogP contribution < -0.4 is 0 Å². The Bertz CT molecular complexity index is 736. The van der Waals surface area contributed by atoms with E-state index in [1.165, 1.54) is 31.2 Å². The van der Waals surface area contributed by atoms with E-state index in [4.69, 9.17) is 4.74 Å². The van der Waals surface area contributed by atoms with Gasteiger partial charge in [0.25, 0.3) is 0 Å². The molecule has 0 amide bonds. The molecule has 0 heterocycles. The number of allylic oxidation sites excluding steroid dienone is 1. The molecule has 6 atom stereocenters. The fourth-order valence-corrected chi connectivity index (χ4v) is 6.94. The van der Waals surface area contributed by atoms with Crippen LogP contribution in [0.5, 0.6) is 0 Å². The van der Waals surface area contributed by atoms with Crippen LogP contribution in [0.3, 0.4) is 0 Å². The van der Waals surface area contributed by atoms with Crippen LogP contribution in [0, 0.1) is 29.1 Å². The molecule has 0 saturated heterocycles. The number of Topliss-reactive ketones (excluding diaryl/α,β-unsaturated/α-hetero) is 1. The smallest absolute Gasteiger partial charge is 0.139 e. The number of benzene rings is 1. The zero-order valence-corrected chi connectivity index (χ0v) is 16.5. The third kappa shape index (κ3) is 3.01. The molecule has 27 heavy (non-hydrogen) atoms. The summed E-state index contributed by atoms with van der Waals surface area (Å²) in [4.78, 5) is 12.5. The second-order valence-corrected chi connectivity index (χ2v) is 9.67. The molecule has 144 valence electrons. The second-order valence-electron chi connectivity index (χ2n) is 9.67. The highest BCUT2D eigenvalue weighted by Crippen LogP contribution is 2.60. The predicted molar refractivity (Wildman–Crippen MR) is 107 cm³/mol. The Labute approximate surface area is 163 Å². The summed E-state index contributed by atoms with van der Waals surface area (Å²) >= 11 is 0. The molecule has 0 bridgehead atoms. The minimum Gasteiger partial charge on any atom is -0.373 e. The van der Waals surface area contributed by atoms with Gasteiger partial charge in [-0.2, -0.15) is 0 Å². The summed E-state index contributed by atoms with van der Waals surface area (Å²) in [5, 5.41) is 0. The molecule has 4 aliphatic carbocycles. The van der Waals surface area contributed by atoms with Gasteiger partial charge < -0.3 is 4.74 Å². The molecule has 0 spiro atoms. The zero-order chi connectivity index (χ0) is 18.4. The molecular formula is C25H32O2. The highest BCUT2D eigenvalue weighted by Gasteiger charge is 2.55. The Hall–Kier alpha value is -1.41. The average Bonchev–Trinajstić information content (AvgIpc) is 3.01. The van der Waals surface area contributed by atoms with Crippen molar-refractivity contribution in [1.29, 1.82) is 0 Å². The predicted octanol–water partition coefficient (Wildman–Crippen LogP) is 5.71. The largest absolute Gasteiger partial charge is 0.373 e. The third-order valence-corrected chi connectivity index (χ3v) is 8.44. The lowest BCUT2D eigenvalue weighted by Gasteiger charge is -2.52. The number of ketones is 1. The Morgan fingerprint density at radius 2 is 1.93 bits per heavy atom. The van der Waals surface area contributed by atoms with Gasteiger partial charge >= 0.3 is 0 Å². The Balaban J connectivity index is 1.26. The van der Waals surface area contributed by atoms with Gasteiger partial charge in [-0.3, -0.25) is 4.79 Å². The summed E-state index contributed by atoms with van der Waals surface area (Å²) in [5.41, 5.74) is 2.95. The van der Waals surface area contributed by atoms with Gasteiger partial charge in [-0.1, -0.05) is 48.9 Å². The summed E-state index contributed by atoms with van der Waals surface area (Å²) < 4.78 is 6.27. The van der Waals surface area contributed by atoms with Gasteiger partial charge in [-0.25, -0.2) is 0 Å². The maximum Gasteiger partial charge on any atom is 0.139 e. The number of carbonyl (C=O) groups excluding carboxylic acids is 1. The standard InChI is InChI=1S/C25H32O2/c1-25-14-13-21-20-10-8-19(27-16-17-5-3-2-4-6-17)15-18(20)7-9-22(21)23(25)11-12-24(25)26/h2-7,19-23H,8-16H2,1H3/t19-,20-,21+,22+,23-,25-/m0/s1. The van der Waals surface area contributed by atoms with E-state index in [9.17, 15) is 4.79 Å². The molecule has 2 nitrogen and oxygen atoms in total. The molecule has 1 aromatic carbocycles. The van der Waals surface area contributed by atoms with E-state index in [0.29, 0.717) is 17.8 Å². The lowest BCUT2D eigenvalue weighted by molar-refractivity contribution is -0.130. The van der Waals surface area contributed by atoms with Gasteiger partial charge in [0.1, 0.15) is 5.78 Å². The van der Waals surface area contributed by atoms with Gasteiger partial charge in [0, 0.05) is 11.8 Å². The quantitative estimate of drug-likeness (QED) is 0.642. The molecule has 0 unspecified atom stereocenters. The molecule has 5 rings (SSSR count). The molecule has 2 heteroatoms. The van der Waals surface area contributed by atoms with E-state index in [2.05, 4.69) is 43.3 Å². The topological polar surface area (TPSA) is 26.3 Å². The minimum absolute atomic E-state index is 0.00249. The van der Waals surface area contributed by atoms with Crippen LogP contribution in [0.15, 0.2) is 42.0 Å². The van der Waals surface area contributed by atoms with Gasteiger partial charge in [0.15, 0.2) is 0 Å². The highest BCUT2D eigenvalue weighted by atomic mass is 16.5. The van der Waals surface area contributed by atoms with E-state index < -0.39 is 0 Å². The normalized spacial score (nSPS) is 40.7. The summed E-state index contributed by atoms with van der Waals surface area (Å²) in [7, 11) is 0. The van der Waals surface area contributed by atoms with Crippen LogP contribution in [0.4, 0.5) is 0 Å². The van der Waals surface area contributed by atoms with Crippen molar-refractivity contribution in [3.63, 3.8) is 0 Å². The Morgan fingerprint density at radius 1 is 1.07 bits per heavy atom. The van der Waals surface area contributed by atoms with E-state index in [1.54, 1.807) is 5.57 Å². The fourth-order valence-electron chi connectivity index (χ4n) is 6.94. The van der Waals surface area contributed by atoms with Crippen molar-refractivity contribution >= 4 is 5.78 Å². The molecular weight excluding hydrogens is 332 g/mol. The molecule has 1 aromatic rings. The maximum absolute atomic E-state index is 12.5. The summed E-state index contributed by atoms with van der Waals surface area (Å²) in [5.74, 6) is 3.54. The van der Waals surface area contributed by atoms with Gasteiger partial charge in [-0.05, 0) is 74.2 Å². The number of fused-ring (bicyclic) bond motifs is 5. The second kappa shape index (κ2) is 6.88. The van der Waals surface area contributed by atoms with Crippen molar-refractivity contribution < 1.29 is 9.53 Å². The minimum atomic E-state index is 0.00249. The Kier molecular flexibility index (Phi) is 4.50. The first-order valence-electron chi connectivity index (χ1n) is 11.0. The van der Waals surface area contributed by atoms with Crippen LogP contribution >= 0.6 is 0 Å². The number of ether oxygens (including phenoxy) is 1. The average molecular weight is 365 g/mol. The van der Waals surface area contributed by atoms with E-state index in [1.807, 2.05) is 0 Å². The lowest BCUT2D eigenvalue weighted by atomic mass is 9.53. The van der Waals surface area contributed by atoms with Gasteiger partial charge in [0.2, 0.25) is 0 Å². The van der Waals surface area contributed by atoms with Crippen LogP contribution in [-0.2, 0) is 16.1 Å². The lowest BCUT2D eigenvalue weighted by Crippen LogP contribution is -2.46. The van der Waals surface area contributed by atoms with E-state index in [0.717, 1.165) is 50.0 Å².